The number of hydrogen-bond donors (Lipinski definition) is 1. The van der Waals surface area contributed by atoms with Crippen LogP contribution >= 0.6 is 0 Å². The van der Waals surface area contributed by atoms with Gasteiger partial charge in [0.05, 0.1) is 11.1 Å². The third-order valence-corrected chi connectivity index (χ3v) is 5.08. The standard InChI is InChI=1S/C21H25N2O5/c1-2-3-4-12-28-13-6-8-14-7-5-9-15-18(14)21(27)23(20(15)26)16-10-11-17(24)22-19(16)25/h5,7,9,16H,1-4,6,8,10-13H2,(H,22,24,25). The Morgan fingerprint density at radius 3 is 2.61 bits per heavy atom. The number of imide groups is 2. The number of nitrogens with zero attached hydrogens (tertiary/aromatic N) is 1. The van der Waals surface area contributed by atoms with E-state index in [1.165, 1.54) is 0 Å². The lowest BCUT2D eigenvalue weighted by Crippen LogP contribution is -2.54. The fourth-order valence-corrected chi connectivity index (χ4v) is 3.64. The fourth-order valence-electron chi connectivity index (χ4n) is 3.64. The van der Waals surface area contributed by atoms with Crippen molar-refractivity contribution in [2.75, 3.05) is 13.2 Å². The largest absolute Gasteiger partial charge is 0.381 e. The molecule has 1 radical (unpaired) electrons. The predicted octanol–water partition coefficient (Wildman–Crippen LogP) is 2.04. The molecule has 0 aliphatic carbocycles. The number of unbranched alkanes of at least 4 members (excludes halogenated alkanes) is 2. The second-order valence-electron chi connectivity index (χ2n) is 7.06. The SMILES string of the molecule is [CH2]CCCCOCCCc1cccc2c1C(=O)N(C1CCC(=O)NC1=O)C2=O. The summed E-state index contributed by atoms with van der Waals surface area (Å²) in [6, 6.07) is 4.26. The highest BCUT2D eigenvalue weighted by Gasteiger charge is 2.45. The summed E-state index contributed by atoms with van der Waals surface area (Å²) in [4.78, 5) is 50.2. The van der Waals surface area contributed by atoms with Crippen molar-refractivity contribution >= 4 is 23.6 Å². The van der Waals surface area contributed by atoms with Gasteiger partial charge in [0.1, 0.15) is 6.04 Å². The van der Waals surface area contributed by atoms with Gasteiger partial charge in [0, 0.05) is 19.6 Å². The monoisotopic (exact) mass is 385 g/mol. The third kappa shape index (κ3) is 4.14. The lowest BCUT2D eigenvalue weighted by atomic mass is 9.99. The number of rotatable bonds is 9. The highest BCUT2D eigenvalue weighted by Crippen LogP contribution is 2.30. The summed E-state index contributed by atoms with van der Waals surface area (Å²) in [6.07, 6.45) is 4.55. The Labute approximate surface area is 164 Å². The Morgan fingerprint density at radius 2 is 1.86 bits per heavy atom. The van der Waals surface area contributed by atoms with Crippen LogP contribution in [0.4, 0.5) is 0 Å². The summed E-state index contributed by atoms with van der Waals surface area (Å²) < 4.78 is 5.59. The van der Waals surface area contributed by atoms with E-state index in [1.807, 2.05) is 6.07 Å². The van der Waals surface area contributed by atoms with E-state index in [1.54, 1.807) is 12.1 Å². The number of benzene rings is 1. The van der Waals surface area contributed by atoms with Crippen LogP contribution in [0.5, 0.6) is 0 Å². The van der Waals surface area contributed by atoms with Gasteiger partial charge in [-0.15, -0.1) is 0 Å². The molecule has 7 nitrogen and oxygen atoms in total. The predicted molar refractivity (Wildman–Crippen MR) is 101 cm³/mol. The Morgan fingerprint density at radius 1 is 1.07 bits per heavy atom. The van der Waals surface area contributed by atoms with E-state index >= 15 is 0 Å². The maximum atomic E-state index is 13.0. The van der Waals surface area contributed by atoms with Crippen molar-refractivity contribution in [1.29, 1.82) is 0 Å². The van der Waals surface area contributed by atoms with E-state index in [0.29, 0.717) is 30.8 Å². The number of ether oxygens (including phenoxy) is 1. The molecule has 3 rings (SSSR count). The van der Waals surface area contributed by atoms with Crippen molar-refractivity contribution in [1.82, 2.24) is 10.2 Å². The molecule has 2 heterocycles. The number of carbonyl (C=O) groups excluding carboxylic acids is 4. The first-order chi connectivity index (χ1) is 13.5. The average molecular weight is 385 g/mol. The number of nitrogens with one attached hydrogen (secondary N) is 1. The van der Waals surface area contributed by atoms with Gasteiger partial charge in [-0.2, -0.15) is 0 Å². The normalized spacial score (nSPS) is 19.2. The molecule has 1 saturated heterocycles. The molecule has 1 atom stereocenters. The zero-order chi connectivity index (χ0) is 20.1. The van der Waals surface area contributed by atoms with Crippen LogP contribution in [-0.2, 0) is 20.7 Å². The summed E-state index contributed by atoms with van der Waals surface area (Å²) in [5.74, 6) is -1.90. The quantitative estimate of drug-likeness (QED) is 0.519. The lowest BCUT2D eigenvalue weighted by molar-refractivity contribution is -0.136. The van der Waals surface area contributed by atoms with Crippen LogP contribution in [0.1, 0.15) is 64.8 Å². The lowest BCUT2D eigenvalue weighted by Gasteiger charge is -2.27. The van der Waals surface area contributed by atoms with Gasteiger partial charge in [0.25, 0.3) is 11.8 Å². The van der Waals surface area contributed by atoms with Crippen LogP contribution in [0.25, 0.3) is 0 Å². The van der Waals surface area contributed by atoms with Crippen LogP contribution in [0.2, 0.25) is 0 Å². The molecule has 149 valence electrons. The minimum atomic E-state index is -0.936. The number of amides is 4. The number of piperidine rings is 1. The molecule has 0 saturated carbocycles. The Bertz CT molecular complexity index is 789. The number of carbonyl (C=O) groups is 4. The summed E-state index contributed by atoms with van der Waals surface area (Å²) >= 11 is 0. The summed E-state index contributed by atoms with van der Waals surface area (Å²) in [6.45, 7) is 5.07. The van der Waals surface area contributed by atoms with E-state index in [-0.39, 0.29) is 18.7 Å². The van der Waals surface area contributed by atoms with Crippen molar-refractivity contribution in [3.05, 3.63) is 41.8 Å². The first-order valence-electron chi connectivity index (χ1n) is 9.75. The number of aryl methyl sites for hydroxylation is 1. The topological polar surface area (TPSA) is 92.8 Å². The molecule has 1 N–H and O–H groups in total. The van der Waals surface area contributed by atoms with Gasteiger partial charge in [-0.05, 0) is 37.3 Å². The minimum Gasteiger partial charge on any atom is -0.381 e. The molecular weight excluding hydrogens is 360 g/mol. The molecule has 1 unspecified atom stereocenters. The zero-order valence-electron chi connectivity index (χ0n) is 15.9. The molecule has 2 aliphatic rings. The minimum absolute atomic E-state index is 0.113. The smallest absolute Gasteiger partial charge is 0.262 e. The van der Waals surface area contributed by atoms with Crippen molar-refractivity contribution in [2.24, 2.45) is 0 Å². The highest BCUT2D eigenvalue weighted by molar-refractivity contribution is 6.24. The maximum absolute atomic E-state index is 13.0. The second-order valence-corrected chi connectivity index (χ2v) is 7.06. The first-order valence-corrected chi connectivity index (χ1v) is 9.75. The number of fused-ring (bicyclic) bond motifs is 1. The molecule has 0 aromatic heterocycles. The molecule has 1 aromatic rings. The van der Waals surface area contributed by atoms with Crippen molar-refractivity contribution in [3.63, 3.8) is 0 Å². The van der Waals surface area contributed by atoms with E-state index in [4.69, 9.17) is 4.74 Å². The molecule has 2 aliphatic heterocycles. The number of hydrogen-bond acceptors (Lipinski definition) is 5. The van der Waals surface area contributed by atoms with Gasteiger partial charge in [-0.3, -0.25) is 29.4 Å². The van der Waals surface area contributed by atoms with E-state index in [2.05, 4.69) is 12.2 Å². The summed E-state index contributed by atoms with van der Waals surface area (Å²) in [7, 11) is 0. The van der Waals surface area contributed by atoms with Crippen molar-refractivity contribution in [2.45, 2.75) is 51.0 Å². The van der Waals surface area contributed by atoms with E-state index in [9.17, 15) is 19.2 Å². The van der Waals surface area contributed by atoms with Gasteiger partial charge in [0.15, 0.2) is 0 Å². The summed E-state index contributed by atoms with van der Waals surface area (Å²) in [5.41, 5.74) is 1.48. The van der Waals surface area contributed by atoms with E-state index < -0.39 is 23.8 Å². The van der Waals surface area contributed by atoms with Gasteiger partial charge < -0.3 is 4.74 Å². The Balaban J connectivity index is 1.66. The van der Waals surface area contributed by atoms with Crippen molar-refractivity contribution < 1.29 is 23.9 Å². The maximum Gasteiger partial charge on any atom is 0.262 e. The Hall–Kier alpha value is -2.54. The fraction of sp³-hybridized carbons (Fsp3) is 0.476. The zero-order valence-corrected chi connectivity index (χ0v) is 15.9. The highest BCUT2D eigenvalue weighted by atomic mass is 16.5. The molecular formula is C21H25N2O5. The average Bonchev–Trinajstić information content (AvgIpc) is 2.93. The molecule has 7 heteroatoms. The van der Waals surface area contributed by atoms with Gasteiger partial charge in [0.2, 0.25) is 11.8 Å². The molecule has 4 amide bonds. The van der Waals surface area contributed by atoms with Crippen LogP contribution in [-0.4, -0.2) is 47.8 Å². The Kier molecular flexibility index (Phi) is 6.57. The van der Waals surface area contributed by atoms with Gasteiger partial charge in [-0.1, -0.05) is 31.9 Å². The van der Waals surface area contributed by atoms with Crippen LogP contribution in [0, 0.1) is 6.92 Å². The molecule has 28 heavy (non-hydrogen) atoms. The molecule has 1 fully saturated rings. The molecule has 0 bridgehead atoms. The van der Waals surface area contributed by atoms with Crippen molar-refractivity contribution in [3.8, 4) is 0 Å². The van der Waals surface area contributed by atoms with Crippen LogP contribution in [0.3, 0.4) is 0 Å². The molecule has 0 spiro atoms. The van der Waals surface area contributed by atoms with Crippen LogP contribution in [0.15, 0.2) is 18.2 Å². The van der Waals surface area contributed by atoms with E-state index in [0.717, 1.165) is 36.1 Å². The third-order valence-electron chi connectivity index (χ3n) is 5.08. The first kappa shape index (κ1) is 20.2. The second kappa shape index (κ2) is 9.10. The molecule has 1 aromatic carbocycles. The van der Waals surface area contributed by atoms with Gasteiger partial charge >= 0.3 is 0 Å². The van der Waals surface area contributed by atoms with Gasteiger partial charge in [-0.25, -0.2) is 0 Å². The summed E-state index contributed by atoms with van der Waals surface area (Å²) in [5, 5.41) is 2.21. The van der Waals surface area contributed by atoms with Crippen LogP contribution < -0.4 is 5.32 Å².